The van der Waals surface area contributed by atoms with Gasteiger partial charge in [0.1, 0.15) is 0 Å². The second kappa shape index (κ2) is 5.21. The molecular weight excluding hydrogens is 258 g/mol. The van der Waals surface area contributed by atoms with Gasteiger partial charge in [0, 0.05) is 49.8 Å². The van der Waals surface area contributed by atoms with E-state index in [9.17, 15) is 0 Å². The number of piperazine rings is 1. The van der Waals surface area contributed by atoms with Crippen LogP contribution in [0.5, 0.6) is 0 Å². The number of nitrogens with zero attached hydrogens (tertiary/aromatic N) is 2. The minimum atomic E-state index is 0.387. The molecule has 0 spiro atoms. The van der Waals surface area contributed by atoms with Gasteiger partial charge in [0.05, 0.1) is 0 Å². The Morgan fingerprint density at radius 2 is 1.81 bits per heavy atom. The lowest BCUT2D eigenvalue weighted by atomic mass is 9.87. The number of nitrogens with one attached hydrogen (secondary N) is 1. The summed E-state index contributed by atoms with van der Waals surface area (Å²) in [4.78, 5) is 5.69. The Hall–Kier alpha value is -0.120. The summed E-state index contributed by atoms with van der Waals surface area (Å²) in [7, 11) is 0. The summed E-state index contributed by atoms with van der Waals surface area (Å²) in [5.41, 5.74) is 0.387. The molecule has 1 N–H and O–H groups in total. The summed E-state index contributed by atoms with van der Waals surface area (Å²) in [6, 6.07) is 2.50. The van der Waals surface area contributed by atoms with Crippen LogP contribution in [0.1, 0.15) is 52.9 Å². The predicted octanol–water partition coefficient (Wildman–Crippen LogP) is 2.32. The third-order valence-corrected chi connectivity index (χ3v) is 6.63. The van der Waals surface area contributed by atoms with Crippen molar-refractivity contribution in [2.24, 2.45) is 11.8 Å². The molecule has 0 amide bonds. The fourth-order valence-corrected chi connectivity index (χ4v) is 4.83. The Kier molecular flexibility index (Phi) is 3.59. The van der Waals surface area contributed by atoms with E-state index in [2.05, 4.69) is 35.9 Å². The Labute approximate surface area is 130 Å². The van der Waals surface area contributed by atoms with Crippen molar-refractivity contribution in [3.8, 4) is 0 Å². The van der Waals surface area contributed by atoms with E-state index in [0.29, 0.717) is 5.54 Å². The molecule has 2 saturated carbocycles. The molecule has 0 radical (unpaired) electrons. The lowest BCUT2D eigenvalue weighted by Crippen LogP contribution is -2.67. The van der Waals surface area contributed by atoms with Gasteiger partial charge >= 0.3 is 0 Å². The van der Waals surface area contributed by atoms with Gasteiger partial charge in [0.25, 0.3) is 0 Å². The maximum absolute atomic E-state index is 3.93. The largest absolute Gasteiger partial charge is 0.308 e. The highest BCUT2D eigenvalue weighted by Crippen LogP contribution is 2.43. The van der Waals surface area contributed by atoms with E-state index < -0.39 is 0 Å². The molecule has 2 aliphatic heterocycles. The molecule has 4 rings (SSSR count). The molecule has 4 aliphatic rings. The van der Waals surface area contributed by atoms with Crippen molar-refractivity contribution >= 4 is 0 Å². The maximum Gasteiger partial charge on any atom is 0.0309 e. The zero-order valence-corrected chi connectivity index (χ0v) is 14.1. The van der Waals surface area contributed by atoms with Gasteiger partial charge in [-0.3, -0.25) is 9.80 Å². The summed E-state index contributed by atoms with van der Waals surface area (Å²) < 4.78 is 0. The zero-order chi connectivity index (χ0) is 14.6. The van der Waals surface area contributed by atoms with Gasteiger partial charge in [0.2, 0.25) is 0 Å². The van der Waals surface area contributed by atoms with Crippen LogP contribution in [0.4, 0.5) is 0 Å². The third kappa shape index (κ3) is 2.77. The summed E-state index contributed by atoms with van der Waals surface area (Å²) in [5, 5.41) is 3.93. The molecule has 21 heavy (non-hydrogen) atoms. The van der Waals surface area contributed by atoms with Crippen molar-refractivity contribution in [3.63, 3.8) is 0 Å². The molecule has 2 aliphatic carbocycles. The lowest BCUT2D eigenvalue weighted by Gasteiger charge is -2.50. The first-order valence-corrected chi connectivity index (χ1v) is 9.31. The maximum atomic E-state index is 3.93. The van der Waals surface area contributed by atoms with E-state index in [0.717, 1.165) is 30.0 Å². The molecule has 0 aromatic rings. The molecule has 2 saturated heterocycles. The highest BCUT2D eigenvalue weighted by Gasteiger charge is 2.49. The van der Waals surface area contributed by atoms with Gasteiger partial charge < -0.3 is 5.32 Å². The first-order chi connectivity index (χ1) is 10.1. The molecule has 2 heterocycles. The highest BCUT2D eigenvalue weighted by molar-refractivity contribution is 5.07. The predicted molar refractivity (Wildman–Crippen MR) is 87.5 cm³/mol. The molecule has 0 aromatic carbocycles. The van der Waals surface area contributed by atoms with E-state index in [1.807, 2.05) is 0 Å². The summed E-state index contributed by atoms with van der Waals surface area (Å²) in [6.07, 6.45) is 7.22. The van der Waals surface area contributed by atoms with Crippen LogP contribution in [0.15, 0.2) is 0 Å². The van der Waals surface area contributed by atoms with Crippen molar-refractivity contribution < 1.29 is 0 Å². The Bertz CT molecular complexity index is 388. The molecule has 0 bridgehead atoms. The Morgan fingerprint density at radius 3 is 2.43 bits per heavy atom. The Balaban J connectivity index is 1.47. The van der Waals surface area contributed by atoms with E-state index in [4.69, 9.17) is 0 Å². The number of rotatable bonds is 4. The van der Waals surface area contributed by atoms with E-state index in [1.54, 1.807) is 0 Å². The molecule has 0 aromatic heterocycles. The second-order valence-electron chi connectivity index (χ2n) is 8.72. The van der Waals surface area contributed by atoms with Crippen molar-refractivity contribution in [1.82, 2.24) is 15.1 Å². The SMILES string of the molecule is CC(C)C1CNC(C)(C2CC2)CN1C1CCN(C2CC2)C1. The van der Waals surface area contributed by atoms with Crippen LogP contribution < -0.4 is 5.32 Å². The summed E-state index contributed by atoms with van der Waals surface area (Å²) in [5.74, 6) is 1.70. The Morgan fingerprint density at radius 1 is 1.05 bits per heavy atom. The zero-order valence-electron chi connectivity index (χ0n) is 14.1. The van der Waals surface area contributed by atoms with Crippen LogP contribution in [-0.2, 0) is 0 Å². The summed E-state index contributed by atoms with van der Waals surface area (Å²) >= 11 is 0. The van der Waals surface area contributed by atoms with Crippen LogP contribution in [0, 0.1) is 11.8 Å². The normalized spacial score (nSPS) is 42.9. The second-order valence-corrected chi connectivity index (χ2v) is 8.72. The van der Waals surface area contributed by atoms with Crippen molar-refractivity contribution in [3.05, 3.63) is 0 Å². The first-order valence-electron chi connectivity index (χ1n) is 9.31. The van der Waals surface area contributed by atoms with Crippen LogP contribution in [0.3, 0.4) is 0 Å². The van der Waals surface area contributed by atoms with Crippen LogP contribution in [-0.4, -0.2) is 59.6 Å². The van der Waals surface area contributed by atoms with Crippen LogP contribution >= 0.6 is 0 Å². The van der Waals surface area contributed by atoms with Gasteiger partial charge in [-0.1, -0.05) is 13.8 Å². The van der Waals surface area contributed by atoms with Crippen molar-refractivity contribution in [1.29, 1.82) is 0 Å². The topological polar surface area (TPSA) is 18.5 Å². The van der Waals surface area contributed by atoms with Crippen molar-refractivity contribution in [2.75, 3.05) is 26.2 Å². The smallest absolute Gasteiger partial charge is 0.0309 e. The highest BCUT2D eigenvalue weighted by atomic mass is 15.3. The summed E-state index contributed by atoms with van der Waals surface area (Å²) in [6.45, 7) is 12.5. The van der Waals surface area contributed by atoms with Crippen LogP contribution in [0.25, 0.3) is 0 Å². The average molecular weight is 291 g/mol. The number of hydrogen-bond acceptors (Lipinski definition) is 3. The van der Waals surface area contributed by atoms with Gasteiger partial charge in [-0.25, -0.2) is 0 Å². The molecule has 3 nitrogen and oxygen atoms in total. The fourth-order valence-electron chi connectivity index (χ4n) is 4.83. The molecule has 120 valence electrons. The van der Waals surface area contributed by atoms with Gasteiger partial charge in [0.15, 0.2) is 0 Å². The first kappa shape index (κ1) is 14.5. The van der Waals surface area contributed by atoms with Gasteiger partial charge in [-0.15, -0.1) is 0 Å². The average Bonchev–Trinajstić information content (AvgIpc) is 3.36. The fraction of sp³-hybridized carbons (Fsp3) is 1.00. The molecule has 3 heteroatoms. The molecule has 4 fully saturated rings. The minimum absolute atomic E-state index is 0.387. The lowest BCUT2D eigenvalue weighted by molar-refractivity contribution is 0.0206. The quantitative estimate of drug-likeness (QED) is 0.857. The molecule has 3 atom stereocenters. The molecule has 3 unspecified atom stereocenters. The van der Waals surface area contributed by atoms with Crippen molar-refractivity contribution in [2.45, 2.75) is 76.5 Å². The van der Waals surface area contributed by atoms with E-state index in [1.165, 1.54) is 58.3 Å². The monoisotopic (exact) mass is 291 g/mol. The molecular formula is C18H33N3. The van der Waals surface area contributed by atoms with Gasteiger partial charge in [-0.2, -0.15) is 0 Å². The number of hydrogen-bond donors (Lipinski definition) is 1. The number of likely N-dealkylation sites (tertiary alicyclic amines) is 1. The third-order valence-electron chi connectivity index (χ3n) is 6.63. The minimum Gasteiger partial charge on any atom is -0.308 e. The van der Waals surface area contributed by atoms with Crippen LogP contribution in [0.2, 0.25) is 0 Å². The standard InChI is InChI=1S/C18H33N3/c1-13(2)17-10-19-18(3,14-4-5-14)12-21(17)16-8-9-20(11-16)15-6-7-15/h13-17,19H,4-12H2,1-3H3. The van der Waals surface area contributed by atoms with E-state index >= 15 is 0 Å². The van der Waals surface area contributed by atoms with Gasteiger partial charge in [-0.05, 0) is 50.9 Å². The van der Waals surface area contributed by atoms with E-state index in [-0.39, 0.29) is 0 Å².